The van der Waals surface area contributed by atoms with Gasteiger partial charge >= 0.3 is 6.09 Å². The smallest absolute Gasteiger partial charge is 0.414 e. The zero-order chi connectivity index (χ0) is 12.3. The molecular weight excluding hydrogens is 210 g/mol. The molecule has 2 rings (SSSR count). The number of rotatable bonds is 1. The molecular formula is C11H17NO4. The maximum atomic E-state index is 11.8. The Morgan fingerprint density at radius 3 is 2.50 bits per heavy atom. The van der Waals surface area contributed by atoms with Crippen molar-refractivity contribution in [2.75, 3.05) is 6.61 Å². The van der Waals surface area contributed by atoms with Gasteiger partial charge in [-0.05, 0) is 11.8 Å². The molecule has 2 N–H and O–H groups in total. The lowest BCUT2D eigenvalue weighted by Gasteiger charge is -2.36. The summed E-state index contributed by atoms with van der Waals surface area (Å²) >= 11 is 0. The van der Waals surface area contributed by atoms with E-state index < -0.39 is 12.1 Å². The fourth-order valence-electron chi connectivity index (χ4n) is 3.31. The van der Waals surface area contributed by atoms with Crippen LogP contribution in [0.5, 0.6) is 0 Å². The summed E-state index contributed by atoms with van der Waals surface area (Å²) in [6.07, 6.45) is -0.551. The molecule has 16 heavy (non-hydrogen) atoms. The van der Waals surface area contributed by atoms with Gasteiger partial charge < -0.3 is 10.2 Å². The lowest BCUT2D eigenvalue weighted by Crippen LogP contribution is -2.48. The lowest BCUT2D eigenvalue weighted by atomic mass is 9.72. The number of carboxylic acid groups (broad SMARTS) is 1. The molecule has 0 unspecified atom stereocenters. The Morgan fingerprint density at radius 2 is 2.12 bits per heavy atom. The van der Waals surface area contributed by atoms with Crippen molar-refractivity contribution in [3.8, 4) is 0 Å². The van der Waals surface area contributed by atoms with Gasteiger partial charge in [0.05, 0.1) is 12.6 Å². The number of aliphatic hydroxyl groups is 1. The Labute approximate surface area is 94.0 Å². The lowest BCUT2D eigenvalue weighted by molar-refractivity contribution is -0.129. The second-order valence-electron chi connectivity index (χ2n) is 5.74. The van der Waals surface area contributed by atoms with Gasteiger partial charge in [-0.15, -0.1) is 0 Å². The van der Waals surface area contributed by atoms with E-state index in [2.05, 4.69) is 0 Å². The number of likely N-dealkylation sites (tertiary alicyclic amines) is 1. The molecule has 0 bridgehead atoms. The van der Waals surface area contributed by atoms with Crippen LogP contribution in [-0.2, 0) is 4.79 Å². The Balaban J connectivity index is 2.41. The van der Waals surface area contributed by atoms with Crippen molar-refractivity contribution in [3.05, 3.63) is 0 Å². The van der Waals surface area contributed by atoms with E-state index in [0.29, 0.717) is 6.42 Å². The third-order valence-corrected chi connectivity index (χ3v) is 4.22. The summed E-state index contributed by atoms with van der Waals surface area (Å²) in [5.74, 6) is -0.567. The van der Waals surface area contributed by atoms with Crippen LogP contribution < -0.4 is 0 Å². The van der Waals surface area contributed by atoms with Crippen LogP contribution in [-0.4, -0.2) is 39.8 Å². The SMILES string of the molecule is CC(C)(C)[C@@]12C[C@@H]1C(=O)N(C(=O)O)[C@H]2CO. The van der Waals surface area contributed by atoms with E-state index in [4.69, 9.17) is 5.11 Å². The summed E-state index contributed by atoms with van der Waals surface area (Å²) in [5, 5.41) is 18.4. The summed E-state index contributed by atoms with van der Waals surface area (Å²) in [5.41, 5.74) is -0.540. The highest BCUT2D eigenvalue weighted by Crippen LogP contribution is 2.70. The van der Waals surface area contributed by atoms with Crippen LogP contribution in [0.4, 0.5) is 4.79 Å². The summed E-state index contributed by atoms with van der Waals surface area (Å²) in [6, 6.07) is -0.581. The first-order valence-corrected chi connectivity index (χ1v) is 5.44. The number of amides is 2. The zero-order valence-corrected chi connectivity index (χ0v) is 9.73. The largest absolute Gasteiger partial charge is 0.465 e. The molecule has 1 saturated carbocycles. The predicted molar refractivity (Wildman–Crippen MR) is 55.7 cm³/mol. The standard InChI is InChI=1S/C11H17NO4/c1-10(2,3)11-4-6(11)8(14)12(9(15)16)7(11)5-13/h6-7,13H,4-5H2,1-3H3,(H,15,16)/t6-,7+,11+/m1/s1. The first-order chi connectivity index (χ1) is 7.27. The van der Waals surface area contributed by atoms with Crippen LogP contribution in [0.15, 0.2) is 0 Å². The molecule has 1 saturated heterocycles. The number of piperidine rings is 1. The fraction of sp³-hybridized carbons (Fsp3) is 0.818. The highest BCUT2D eigenvalue weighted by Gasteiger charge is 2.75. The van der Waals surface area contributed by atoms with E-state index >= 15 is 0 Å². The van der Waals surface area contributed by atoms with E-state index in [1.54, 1.807) is 0 Å². The van der Waals surface area contributed by atoms with E-state index in [1.807, 2.05) is 20.8 Å². The average Bonchev–Trinajstić information content (AvgIpc) is 2.82. The summed E-state index contributed by atoms with van der Waals surface area (Å²) in [4.78, 5) is 23.7. The second kappa shape index (κ2) is 2.97. The number of carbonyl (C=O) groups excluding carboxylic acids is 1. The molecule has 3 atom stereocenters. The number of fused-ring (bicyclic) bond motifs is 1. The molecule has 2 fully saturated rings. The molecule has 0 aromatic heterocycles. The van der Waals surface area contributed by atoms with Crippen molar-refractivity contribution in [2.45, 2.75) is 33.2 Å². The molecule has 1 aliphatic heterocycles. The summed E-state index contributed by atoms with van der Waals surface area (Å²) in [7, 11) is 0. The number of aliphatic hydroxyl groups excluding tert-OH is 1. The monoisotopic (exact) mass is 227 g/mol. The first kappa shape index (κ1) is 11.4. The van der Waals surface area contributed by atoms with Gasteiger partial charge in [0.2, 0.25) is 5.91 Å². The average molecular weight is 227 g/mol. The number of hydrogen-bond donors (Lipinski definition) is 2. The number of nitrogens with zero attached hydrogens (tertiary/aromatic N) is 1. The van der Waals surface area contributed by atoms with E-state index in [-0.39, 0.29) is 29.3 Å². The minimum absolute atomic E-state index is 0.176. The zero-order valence-electron chi connectivity index (χ0n) is 9.73. The van der Waals surface area contributed by atoms with Gasteiger partial charge in [-0.2, -0.15) is 0 Å². The van der Waals surface area contributed by atoms with Gasteiger partial charge in [0, 0.05) is 11.3 Å². The van der Waals surface area contributed by atoms with Crippen LogP contribution in [0, 0.1) is 16.7 Å². The van der Waals surface area contributed by atoms with Crippen LogP contribution in [0.3, 0.4) is 0 Å². The maximum Gasteiger partial charge on any atom is 0.414 e. The highest BCUT2D eigenvalue weighted by molar-refractivity contribution is 5.98. The van der Waals surface area contributed by atoms with Gasteiger partial charge in [-0.25, -0.2) is 9.69 Å². The Hall–Kier alpha value is -1.10. The van der Waals surface area contributed by atoms with Crippen LogP contribution >= 0.6 is 0 Å². The molecule has 0 aromatic carbocycles. The van der Waals surface area contributed by atoms with Gasteiger partial charge in [0.1, 0.15) is 0 Å². The van der Waals surface area contributed by atoms with Crippen molar-refractivity contribution < 1.29 is 19.8 Å². The van der Waals surface area contributed by atoms with Gasteiger partial charge in [0.25, 0.3) is 0 Å². The Bertz CT molecular complexity index is 359. The molecule has 90 valence electrons. The third kappa shape index (κ3) is 1.09. The fourth-order valence-corrected chi connectivity index (χ4v) is 3.31. The number of imide groups is 1. The Morgan fingerprint density at radius 1 is 1.56 bits per heavy atom. The van der Waals surface area contributed by atoms with E-state index in [9.17, 15) is 14.7 Å². The van der Waals surface area contributed by atoms with Gasteiger partial charge in [-0.3, -0.25) is 4.79 Å². The first-order valence-electron chi connectivity index (χ1n) is 5.44. The number of hydrogen-bond acceptors (Lipinski definition) is 3. The molecule has 5 heteroatoms. The second-order valence-corrected chi connectivity index (χ2v) is 5.74. The van der Waals surface area contributed by atoms with Crippen molar-refractivity contribution in [1.82, 2.24) is 4.90 Å². The summed E-state index contributed by atoms with van der Waals surface area (Å²) < 4.78 is 0. The molecule has 0 aromatic rings. The van der Waals surface area contributed by atoms with Crippen molar-refractivity contribution in [1.29, 1.82) is 0 Å². The van der Waals surface area contributed by atoms with E-state index in [1.165, 1.54) is 0 Å². The maximum absolute atomic E-state index is 11.8. The van der Waals surface area contributed by atoms with Gasteiger partial charge in [0.15, 0.2) is 0 Å². The van der Waals surface area contributed by atoms with Crippen molar-refractivity contribution in [3.63, 3.8) is 0 Å². The minimum atomic E-state index is -1.25. The van der Waals surface area contributed by atoms with Crippen LogP contribution in [0.25, 0.3) is 0 Å². The third-order valence-electron chi connectivity index (χ3n) is 4.22. The van der Waals surface area contributed by atoms with Gasteiger partial charge in [-0.1, -0.05) is 20.8 Å². The quantitative estimate of drug-likeness (QED) is 0.698. The van der Waals surface area contributed by atoms with Crippen LogP contribution in [0.2, 0.25) is 0 Å². The molecule has 2 aliphatic rings. The van der Waals surface area contributed by atoms with Crippen LogP contribution in [0.1, 0.15) is 27.2 Å². The molecule has 0 radical (unpaired) electrons. The van der Waals surface area contributed by atoms with E-state index in [0.717, 1.165) is 4.90 Å². The molecule has 0 spiro atoms. The van der Waals surface area contributed by atoms with Crippen molar-refractivity contribution in [2.24, 2.45) is 16.7 Å². The van der Waals surface area contributed by atoms with Crippen molar-refractivity contribution >= 4 is 12.0 Å². The highest BCUT2D eigenvalue weighted by atomic mass is 16.4. The topological polar surface area (TPSA) is 77.8 Å². The molecule has 1 aliphatic carbocycles. The summed E-state index contributed by atoms with van der Waals surface area (Å²) in [6.45, 7) is 5.70. The minimum Gasteiger partial charge on any atom is -0.465 e. The normalized spacial score (nSPS) is 37.5. The Kier molecular flexibility index (Phi) is 2.11. The molecule has 5 nitrogen and oxygen atoms in total. The predicted octanol–water partition coefficient (Wildman–Crippen LogP) is 0.920. The number of carbonyl (C=O) groups is 2. The molecule has 2 amide bonds. The molecule has 1 heterocycles.